The van der Waals surface area contributed by atoms with E-state index in [1.54, 1.807) is 0 Å². The molecule has 0 amide bonds. The molecular formula is C26H54O2. The molecule has 0 aliphatic rings. The summed E-state index contributed by atoms with van der Waals surface area (Å²) in [6, 6.07) is 0. The molecule has 0 radical (unpaired) electrons. The second kappa shape index (κ2) is 18.9. The molecule has 0 aliphatic carbocycles. The first-order valence-corrected chi connectivity index (χ1v) is 12.9. The Morgan fingerprint density at radius 3 is 1.39 bits per heavy atom. The van der Waals surface area contributed by atoms with Gasteiger partial charge in [0.25, 0.3) is 0 Å². The Kier molecular flexibility index (Phi) is 18.9. The van der Waals surface area contributed by atoms with E-state index in [9.17, 15) is 10.2 Å². The van der Waals surface area contributed by atoms with Crippen molar-refractivity contribution in [2.24, 2.45) is 5.41 Å². The molecule has 0 fully saturated rings. The predicted octanol–water partition coefficient (Wildman–Crippen LogP) is 8.19. The van der Waals surface area contributed by atoms with E-state index in [-0.39, 0.29) is 5.41 Å². The van der Waals surface area contributed by atoms with Crippen LogP contribution >= 0.6 is 0 Å². The topological polar surface area (TPSA) is 40.5 Å². The Hall–Kier alpha value is -0.0800. The van der Waals surface area contributed by atoms with E-state index in [0.717, 1.165) is 32.1 Å². The summed E-state index contributed by atoms with van der Waals surface area (Å²) < 4.78 is 0. The van der Waals surface area contributed by atoms with Crippen LogP contribution in [0.2, 0.25) is 0 Å². The maximum absolute atomic E-state index is 11.3. The third kappa shape index (κ3) is 12.5. The van der Waals surface area contributed by atoms with Crippen molar-refractivity contribution in [2.75, 3.05) is 0 Å². The van der Waals surface area contributed by atoms with Gasteiger partial charge in [-0.25, -0.2) is 0 Å². The fraction of sp³-hybridized carbons (Fsp3) is 1.00. The van der Waals surface area contributed by atoms with Crippen LogP contribution in [0, 0.1) is 5.41 Å². The summed E-state index contributed by atoms with van der Waals surface area (Å²) in [7, 11) is 0. The largest absolute Gasteiger partial charge is 0.390 e. The molecule has 2 atom stereocenters. The van der Waals surface area contributed by atoms with Crippen molar-refractivity contribution >= 4 is 0 Å². The quantitative estimate of drug-likeness (QED) is 0.191. The zero-order chi connectivity index (χ0) is 21.1. The van der Waals surface area contributed by atoms with Crippen molar-refractivity contribution in [1.82, 2.24) is 0 Å². The van der Waals surface area contributed by atoms with Crippen molar-refractivity contribution in [3.05, 3.63) is 0 Å². The summed E-state index contributed by atoms with van der Waals surface area (Å²) in [6.45, 7) is 8.98. The molecule has 0 rings (SSSR count). The van der Waals surface area contributed by atoms with Gasteiger partial charge in [0.05, 0.1) is 12.2 Å². The minimum Gasteiger partial charge on any atom is -0.390 e. The van der Waals surface area contributed by atoms with Crippen molar-refractivity contribution in [2.45, 2.75) is 162 Å². The number of aliphatic hydroxyl groups excluding tert-OH is 2. The zero-order valence-corrected chi connectivity index (χ0v) is 20.0. The number of rotatable bonds is 21. The van der Waals surface area contributed by atoms with Crippen molar-refractivity contribution in [1.29, 1.82) is 0 Å². The summed E-state index contributed by atoms with van der Waals surface area (Å²) in [5.41, 5.74) is -0.0698. The first-order chi connectivity index (χ1) is 13.6. The van der Waals surface area contributed by atoms with Crippen LogP contribution in [-0.4, -0.2) is 22.4 Å². The second-order valence-corrected chi connectivity index (χ2v) is 9.30. The average molecular weight is 399 g/mol. The van der Waals surface area contributed by atoms with Crippen LogP contribution in [0.1, 0.15) is 150 Å². The highest BCUT2D eigenvalue weighted by Crippen LogP contribution is 2.42. The van der Waals surface area contributed by atoms with E-state index in [4.69, 9.17) is 0 Å². The Bertz CT molecular complexity index is 308. The van der Waals surface area contributed by atoms with Gasteiger partial charge >= 0.3 is 0 Å². The first kappa shape index (κ1) is 27.9. The number of unbranched alkanes of at least 4 members (excludes halogenated alkanes) is 11. The molecule has 0 aromatic rings. The monoisotopic (exact) mass is 398 g/mol. The third-order valence-electron chi connectivity index (χ3n) is 6.68. The van der Waals surface area contributed by atoms with Crippen LogP contribution in [0.3, 0.4) is 0 Å². The maximum atomic E-state index is 11.3. The average Bonchev–Trinajstić information content (AvgIpc) is 2.71. The highest BCUT2D eigenvalue weighted by molar-refractivity contribution is 4.90. The summed E-state index contributed by atoms with van der Waals surface area (Å²) in [6.07, 6.45) is 21.4. The lowest BCUT2D eigenvalue weighted by molar-refractivity contribution is -0.0834. The van der Waals surface area contributed by atoms with Gasteiger partial charge in [-0.05, 0) is 31.1 Å². The summed E-state index contributed by atoms with van der Waals surface area (Å²) in [5.74, 6) is 0. The lowest BCUT2D eigenvalue weighted by Crippen LogP contribution is -2.43. The van der Waals surface area contributed by atoms with Crippen LogP contribution in [-0.2, 0) is 0 Å². The SMILES string of the molecule is CCCCCCCCC(CCCC)(CCCC)C(O)C(O)CCCCCCC. The molecule has 0 aliphatic heterocycles. The molecule has 2 heteroatoms. The fourth-order valence-corrected chi connectivity index (χ4v) is 4.66. The van der Waals surface area contributed by atoms with Gasteiger partial charge in [0.15, 0.2) is 0 Å². The molecule has 0 heterocycles. The van der Waals surface area contributed by atoms with Crippen LogP contribution < -0.4 is 0 Å². The Balaban J connectivity index is 4.82. The van der Waals surface area contributed by atoms with Gasteiger partial charge in [-0.2, -0.15) is 0 Å². The molecule has 28 heavy (non-hydrogen) atoms. The number of hydrogen-bond donors (Lipinski definition) is 2. The molecule has 2 N–H and O–H groups in total. The molecular weight excluding hydrogens is 344 g/mol. The Morgan fingerprint density at radius 1 is 0.500 bits per heavy atom. The van der Waals surface area contributed by atoms with E-state index >= 15 is 0 Å². The van der Waals surface area contributed by atoms with Gasteiger partial charge in [-0.3, -0.25) is 0 Å². The van der Waals surface area contributed by atoms with E-state index in [2.05, 4.69) is 27.7 Å². The Labute approximate surface area is 177 Å². The van der Waals surface area contributed by atoms with Crippen molar-refractivity contribution in [3.63, 3.8) is 0 Å². The van der Waals surface area contributed by atoms with Crippen LogP contribution in [0.25, 0.3) is 0 Å². The van der Waals surface area contributed by atoms with Crippen LogP contribution in [0.4, 0.5) is 0 Å². The molecule has 0 saturated heterocycles. The molecule has 0 saturated carbocycles. The molecule has 2 unspecified atom stereocenters. The summed E-state index contributed by atoms with van der Waals surface area (Å²) >= 11 is 0. The fourth-order valence-electron chi connectivity index (χ4n) is 4.66. The van der Waals surface area contributed by atoms with Gasteiger partial charge in [-0.1, -0.05) is 124 Å². The normalized spacial score (nSPS) is 14.4. The molecule has 0 aromatic heterocycles. The maximum Gasteiger partial charge on any atom is 0.0855 e. The predicted molar refractivity (Wildman–Crippen MR) is 125 cm³/mol. The summed E-state index contributed by atoms with van der Waals surface area (Å²) in [4.78, 5) is 0. The van der Waals surface area contributed by atoms with Crippen molar-refractivity contribution < 1.29 is 10.2 Å². The Morgan fingerprint density at radius 2 is 0.893 bits per heavy atom. The molecule has 0 bridgehead atoms. The lowest BCUT2D eigenvalue weighted by Gasteiger charge is -2.41. The highest BCUT2D eigenvalue weighted by Gasteiger charge is 2.39. The van der Waals surface area contributed by atoms with Crippen molar-refractivity contribution in [3.8, 4) is 0 Å². The van der Waals surface area contributed by atoms with Gasteiger partial charge in [0.1, 0.15) is 0 Å². The van der Waals surface area contributed by atoms with E-state index in [1.807, 2.05) is 0 Å². The van der Waals surface area contributed by atoms with E-state index in [0.29, 0.717) is 0 Å². The lowest BCUT2D eigenvalue weighted by atomic mass is 9.68. The van der Waals surface area contributed by atoms with Crippen LogP contribution in [0.5, 0.6) is 0 Å². The van der Waals surface area contributed by atoms with Gasteiger partial charge in [0, 0.05) is 0 Å². The molecule has 170 valence electrons. The van der Waals surface area contributed by atoms with E-state index in [1.165, 1.54) is 89.9 Å². The minimum absolute atomic E-state index is 0.0698. The standard InChI is InChI=1S/C26H54O2/c1-5-9-13-15-17-19-23-26(21-11-7-3,22-12-8-4)25(28)24(27)20-18-16-14-10-6-2/h24-25,27-28H,5-23H2,1-4H3. The van der Waals surface area contributed by atoms with Gasteiger partial charge < -0.3 is 10.2 Å². The second-order valence-electron chi connectivity index (χ2n) is 9.30. The zero-order valence-electron chi connectivity index (χ0n) is 20.0. The molecule has 0 spiro atoms. The van der Waals surface area contributed by atoms with Crippen LogP contribution in [0.15, 0.2) is 0 Å². The van der Waals surface area contributed by atoms with E-state index < -0.39 is 12.2 Å². The number of hydrogen-bond acceptors (Lipinski definition) is 2. The smallest absolute Gasteiger partial charge is 0.0855 e. The third-order valence-corrected chi connectivity index (χ3v) is 6.68. The first-order valence-electron chi connectivity index (χ1n) is 12.9. The molecule has 2 nitrogen and oxygen atoms in total. The number of aliphatic hydroxyl groups is 2. The van der Waals surface area contributed by atoms with Gasteiger partial charge in [-0.15, -0.1) is 0 Å². The van der Waals surface area contributed by atoms with Gasteiger partial charge in [0.2, 0.25) is 0 Å². The summed E-state index contributed by atoms with van der Waals surface area (Å²) in [5, 5.41) is 22.1. The minimum atomic E-state index is -0.549. The highest BCUT2D eigenvalue weighted by atomic mass is 16.3. The molecule has 0 aromatic carbocycles.